The third kappa shape index (κ3) is 18.4. The Morgan fingerprint density at radius 1 is 0.632 bits per heavy atom. The SMILES string of the molecule is NC(=O)[C@H](Cc1ccccc1)NC(=O)[C@@H]1CCCN1C(=O)[C@H](CC(=O)O)NC(=O)[C@H](CC(=O)O)NC(=O)[C@H](Cc1ccc(OP(=O)(O)O)cc1)NC(=O)[C@H](CCC(=O)O)NC(=O)[C@@H](N)CC(=O)O. The fourth-order valence-corrected chi connectivity index (χ4v) is 7.18. The first-order chi connectivity index (χ1) is 31.8. The lowest BCUT2D eigenvalue weighted by Gasteiger charge is -2.30. The van der Waals surface area contributed by atoms with Gasteiger partial charge < -0.3 is 67.9 Å². The number of aliphatic carboxylic acids is 4. The molecular formula is C40H51N8O19P. The maximum absolute atomic E-state index is 14.0. The number of amides is 7. The van der Waals surface area contributed by atoms with Gasteiger partial charge in [-0.2, -0.15) is 0 Å². The van der Waals surface area contributed by atoms with E-state index in [1.165, 1.54) is 12.1 Å². The molecule has 0 saturated carbocycles. The highest BCUT2D eigenvalue weighted by Crippen LogP contribution is 2.37. The Morgan fingerprint density at radius 3 is 1.69 bits per heavy atom. The third-order valence-corrected chi connectivity index (χ3v) is 10.5. The van der Waals surface area contributed by atoms with Gasteiger partial charge in [0.25, 0.3) is 0 Å². The highest BCUT2D eigenvalue weighted by molar-refractivity contribution is 7.46. The molecule has 0 aliphatic carbocycles. The summed E-state index contributed by atoms with van der Waals surface area (Å²) in [4.78, 5) is 160. The molecule has 0 radical (unpaired) electrons. The van der Waals surface area contributed by atoms with Crippen molar-refractivity contribution in [3.8, 4) is 5.75 Å². The maximum Gasteiger partial charge on any atom is 0.524 e. The van der Waals surface area contributed by atoms with Gasteiger partial charge in [-0.1, -0.05) is 42.5 Å². The Kier molecular flexibility index (Phi) is 20.5. The van der Waals surface area contributed by atoms with Gasteiger partial charge >= 0.3 is 31.7 Å². The molecule has 0 unspecified atom stereocenters. The molecule has 2 aromatic carbocycles. The normalized spacial score (nSPS) is 16.0. The minimum Gasteiger partial charge on any atom is -0.481 e. The van der Waals surface area contributed by atoms with Crippen LogP contribution in [0.25, 0.3) is 0 Å². The number of hydrogen-bond acceptors (Lipinski definition) is 14. The Hall–Kier alpha value is -7.48. The molecule has 1 aliphatic heterocycles. The van der Waals surface area contributed by atoms with Crippen LogP contribution in [0.4, 0.5) is 0 Å². The predicted octanol–water partition coefficient (Wildman–Crippen LogP) is -3.54. The lowest BCUT2D eigenvalue weighted by Crippen LogP contribution is -2.60. The van der Waals surface area contributed by atoms with Crippen molar-refractivity contribution in [1.82, 2.24) is 31.5 Å². The molecule has 27 nitrogen and oxygen atoms in total. The molecule has 0 aromatic heterocycles. The zero-order chi connectivity index (χ0) is 50.9. The van der Waals surface area contributed by atoms with Crippen LogP contribution in [-0.2, 0) is 70.1 Å². The molecule has 7 atom stereocenters. The van der Waals surface area contributed by atoms with E-state index in [1.54, 1.807) is 30.3 Å². The van der Waals surface area contributed by atoms with E-state index in [2.05, 4.69) is 31.1 Å². The van der Waals surface area contributed by atoms with E-state index < -0.39 is 154 Å². The van der Waals surface area contributed by atoms with Crippen LogP contribution in [0.2, 0.25) is 0 Å². The van der Waals surface area contributed by atoms with Crippen molar-refractivity contribution in [2.24, 2.45) is 11.5 Å². The van der Waals surface area contributed by atoms with Crippen molar-refractivity contribution in [1.29, 1.82) is 0 Å². The van der Waals surface area contributed by atoms with Crippen molar-refractivity contribution in [3.63, 3.8) is 0 Å². The maximum atomic E-state index is 14.0. The van der Waals surface area contributed by atoms with Gasteiger partial charge in [0.1, 0.15) is 42.0 Å². The van der Waals surface area contributed by atoms with Crippen LogP contribution < -0.4 is 42.6 Å². The van der Waals surface area contributed by atoms with Crippen LogP contribution >= 0.6 is 7.82 Å². The Morgan fingerprint density at radius 2 is 1.13 bits per heavy atom. The van der Waals surface area contributed by atoms with Crippen LogP contribution in [0.1, 0.15) is 56.1 Å². The Labute approximate surface area is 385 Å². The Bertz CT molecular complexity index is 2260. The van der Waals surface area contributed by atoms with Gasteiger partial charge in [0, 0.05) is 25.8 Å². The van der Waals surface area contributed by atoms with Crippen molar-refractivity contribution in [2.45, 2.75) is 100 Å². The first-order valence-electron chi connectivity index (χ1n) is 20.5. The van der Waals surface area contributed by atoms with Gasteiger partial charge in [-0.25, -0.2) is 4.57 Å². The van der Waals surface area contributed by atoms with Crippen LogP contribution in [0.5, 0.6) is 5.75 Å². The number of primary amides is 1. The zero-order valence-electron chi connectivity index (χ0n) is 35.8. The summed E-state index contributed by atoms with van der Waals surface area (Å²) in [7, 11) is -5.03. The summed E-state index contributed by atoms with van der Waals surface area (Å²) >= 11 is 0. The summed E-state index contributed by atoms with van der Waals surface area (Å²) < 4.78 is 15.8. The third-order valence-electron chi connectivity index (χ3n) is 10.0. The molecule has 2 aromatic rings. The highest BCUT2D eigenvalue weighted by atomic mass is 31.2. The van der Waals surface area contributed by atoms with Crippen LogP contribution in [0, 0.1) is 0 Å². The molecule has 1 aliphatic rings. The quantitative estimate of drug-likeness (QED) is 0.0386. The van der Waals surface area contributed by atoms with E-state index in [0.29, 0.717) is 5.56 Å². The van der Waals surface area contributed by atoms with E-state index in [9.17, 15) is 72.6 Å². The number of phosphoric ester groups is 1. The molecule has 370 valence electrons. The molecule has 1 saturated heterocycles. The number of nitrogens with one attached hydrogen (secondary N) is 5. The van der Waals surface area contributed by atoms with Crippen LogP contribution in [-0.4, -0.2) is 149 Å². The zero-order valence-corrected chi connectivity index (χ0v) is 36.7. The number of carbonyl (C=O) groups excluding carboxylic acids is 7. The molecule has 1 fully saturated rings. The summed E-state index contributed by atoms with van der Waals surface area (Å²) in [5, 5.41) is 48.9. The van der Waals surface area contributed by atoms with Crippen LogP contribution in [0.3, 0.4) is 0 Å². The van der Waals surface area contributed by atoms with Gasteiger partial charge in [0.2, 0.25) is 41.4 Å². The van der Waals surface area contributed by atoms with E-state index >= 15 is 0 Å². The second-order valence-electron chi connectivity index (χ2n) is 15.4. The number of benzene rings is 2. The van der Waals surface area contributed by atoms with Gasteiger partial charge in [-0.3, -0.25) is 62.5 Å². The summed E-state index contributed by atoms with van der Waals surface area (Å²) in [5.74, 6) is -14.7. The van der Waals surface area contributed by atoms with Crippen molar-refractivity contribution in [3.05, 3.63) is 65.7 Å². The second kappa shape index (κ2) is 25.4. The second-order valence-corrected chi connectivity index (χ2v) is 16.5. The minimum absolute atomic E-state index is 0.00665. The average molecular weight is 979 g/mol. The number of nitrogens with two attached hydrogens (primary N) is 2. The van der Waals surface area contributed by atoms with Gasteiger partial charge in [-0.05, 0) is 42.5 Å². The summed E-state index contributed by atoms with van der Waals surface area (Å²) in [6, 6.07) is 0.965. The van der Waals surface area contributed by atoms with E-state index in [4.69, 9.17) is 26.4 Å². The summed E-state index contributed by atoms with van der Waals surface area (Å²) in [5.41, 5.74) is 11.9. The number of carbonyl (C=O) groups is 11. The number of nitrogens with zero attached hydrogens (tertiary/aromatic N) is 1. The van der Waals surface area contributed by atoms with Crippen molar-refractivity contribution < 1.29 is 92.0 Å². The lowest BCUT2D eigenvalue weighted by atomic mass is 10.0. The summed E-state index contributed by atoms with van der Waals surface area (Å²) in [6.07, 6.45) is -4.95. The molecule has 28 heteroatoms. The number of carboxylic acid groups (broad SMARTS) is 4. The van der Waals surface area contributed by atoms with Crippen molar-refractivity contribution >= 4 is 73.1 Å². The highest BCUT2D eigenvalue weighted by Gasteiger charge is 2.41. The molecule has 0 bridgehead atoms. The van der Waals surface area contributed by atoms with Gasteiger partial charge in [0.15, 0.2) is 0 Å². The monoisotopic (exact) mass is 978 g/mol. The van der Waals surface area contributed by atoms with Gasteiger partial charge in [0.05, 0.1) is 25.3 Å². The average Bonchev–Trinajstić information content (AvgIpc) is 3.74. The van der Waals surface area contributed by atoms with E-state index in [-0.39, 0.29) is 37.1 Å². The first kappa shape index (κ1) is 54.9. The minimum atomic E-state index is -5.03. The number of phosphoric acid groups is 1. The first-order valence-corrected chi connectivity index (χ1v) is 22.0. The Balaban J connectivity index is 1.92. The summed E-state index contributed by atoms with van der Waals surface area (Å²) in [6.45, 7) is -0.120. The number of rotatable bonds is 27. The molecule has 68 heavy (non-hydrogen) atoms. The van der Waals surface area contributed by atoms with Crippen molar-refractivity contribution in [2.75, 3.05) is 6.54 Å². The molecular weight excluding hydrogens is 927 g/mol. The number of carboxylic acids is 4. The standard InChI is InChI=1S/C40H51N8O19P/c41-23(17-31(51)52)35(58)43-24(12-13-30(49)50)36(59)45-26(16-21-8-10-22(11-9-21)67-68(64,65)66)37(60)46-27(18-32(53)54)38(61)47-28(19-33(55)56)40(63)48-14-4-7-29(48)39(62)44-25(34(42)57)15-20-5-2-1-3-6-20/h1-3,5-6,8-11,23-29H,4,7,12-19,41H2,(H2,42,57)(H,43,58)(H,44,62)(H,45,59)(H,46,60)(H,47,61)(H,49,50)(H,51,52)(H,53,54)(H,55,56)(H2,64,65,66)/t23-,24-,25-,26-,27-,28-,29-/m0/s1. The van der Waals surface area contributed by atoms with E-state index in [1.807, 2.05) is 0 Å². The fraction of sp³-hybridized carbons (Fsp3) is 0.425. The largest absolute Gasteiger partial charge is 0.524 e. The number of likely N-dealkylation sites (tertiary alicyclic amines) is 1. The topological polar surface area (TPSA) is 451 Å². The predicted molar refractivity (Wildman–Crippen MR) is 228 cm³/mol. The lowest BCUT2D eigenvalue weighted by molar-refractivity contribution is -0.147. The molecule has 3 rings (SSSR count). The smallest absolute Gasteiger partial charge is 0.481 e. The van der Waals surface area contributed by atoms with Gasteiger partial charge in [-0.15, -0.1) is 0 Å². The van der Waals surface area contributed by atoms with Crippen LogP contribution in [0.15, 0.2) is 54.6 Å². The number of hydrogen-bond donors (Lipinski definition) is 13. The molecule has 0 spiro atoms. The fourth-order valence-electron chi connectivity index (χ4n) is 6.78. The molecule has 1 heterocycles. The molecule has 15 N–H and O–H groups in total. The van der Waals surface area contributed by atoms with E-state index in [0.717, 1.165) is 17.0 Å². The molecule has 7 amide bonds.